The van der Waals surface area contributed by atoms with Crippen molar-refractivity contribution in [3.63, 3.8) is 0 Å². The molecule has 2 rings (SSSR count). The summed E-state index contributed by atoms with van der Waals surface area (Å²) in [4.78, 5) is 17.1. The molecule has 0 saturated carbocycles. The minimum absolute atomic E-state index is 0.0950. The predicted octanol–water partition coefficient (Wildman–Crippen LogP) is 4.34. The van der Waals surface area contributed by atoms with Crippen LogP contribution in [0.15, 0.2) is 18.2 Å². The van der Waals surface area contributed by atoms with Crippen molar-refractivity contribution in [2.45, 2.75) is 26.4 Å². The summed E-state index contributed by atoms with van der Waals surface area (Å²) in [5.74, 6) is -1.91. The van der Waals surface area contributed by atoms with Crippen molar-refractivity contribution in [1.29, 1.82) is 0 Å². The Morgan fingerprint density at radius 3 is 2.48 bits per heavy atom. The molecular weight excluding hydrogens is 306 g/mol. The molecule has 21 heavy (non-hydrogen) atoms. The summed E-state index contributed by atoms with van der Waals surface area (Å²) in [5.41, 5.74) is -0.813. The van der Waals surface area contributed by atoms with Gasteiger partial charge in [0, 0.05) is 10.4 Å². The highest BCUT2D eigenvalue weighted by Crippen LogP contribution is 2.32. The lowest BCUT2D eigenvalue weighted by Gasteiger charge is -2.09. The van der Waals surface area contributed by atoms with Crippen LogP contribution >= 0.6 is 11.3 Å². The fraction of sp³-hybridized carbons (Fsp3) is 0.286. The van der Waals surface area contributed by atoms with Gasteiger partial charge in [0.15, 0.2) is 5.78 Å². The van der Waals surface area contributed by atoms with Crippen LogP contribution < -0.4 is 0 Å². The first-order chi connectivity index (χ1) is 9.68. The van der Waals surface area contributed by atoms with E-state index < -0.39 is 23.3 Å². The summed E-state index contributed by atoms with van der Waals surface area (Å²) >= 11 is 1.32. The lowest BCUT2D eigenvalue weighted by molar-refractivity contribution is -0.140. The highest BCUT2D eigenvalue weighted by atomic mass is 32.1. The Bertz CT molecular complexity index is 671. The maximum atomic E-state index is 13.2. The normalized spacial score (nSPS) is 11.7. The van der Waals surface area contributed by atoms with Crippen molar-refractivity contribution < 1.29 is 22.4 Å². The van der Waals surface area contributed by atoms with Gasteiger partial charge in [0.25, 0.3) is 0 Å². The van der Waals surface area contributed by atoms with Crippen LogP contribution in [-0.4, -0.2) is 10.8 Å². The van der Waals surface area contributed by atoms with Crippen molar-refractivity contribution in [3.05, 3.63) is 50.7 Å². The largest absolute Gasteiger partial charge is 0.419 e. The number of hydrogen-bond acceptors (Lipinski definition) is 3. The second kappa shape index (κ2) is 5.55. The Morgan fingerprint density at radius 2 is 1.95 bits per heavy atom. The van der Waals surface area contributed by atoms with Crippen LogP contribution in [0.3, 0.4) is 0 Å². The molecular formula is C14H11F4NOS. The molecule has 0 atom stereocenters. The highest BCUT2D eigenvalue weighted by molar-refractivity contribution is 7.11. The van der Waals surface area contributed by atoms with Crippen LogP contribution in [0.4, 0.5) is 17.6 Å². The molecule has 0 unspecified atom stereocenters. The zero-order valence-corrected chi connectivity index (χ0v) is 12.0. The van der Waals surface area contributed by atoms with Gasteiger partial charge in [-0.05, 0) is 32.0 Å². The molecule has 1 aromatic carbocycles. The summed E-state index contributed by atoms with van der Waals surface area (Å²) in [6.07, 6.45) is -4.92. The van der Waals surface area contributed by atoms with E-state index in [1.165, 1.54) is 11.3 Å². The van der Waals surface area contributed by atoms with E-state index in [-0.39, 0.29) is 12.0 Å². The molecule has 0 amide bonds. The molecule has 0 fully saturated rings. The number of rotatable bonds is 3. The Labute approximate surface area is 122 Å². The first-order valence-corrected chi connectivity index (χ1v) is 6.83. The van der Waals surface area contributed by atoms with Crippen molar-refractivity contribution in [2.24, 2.45) is 0 Å². The summed E-state index contributed by atoms with van der Waals surface area (Å²) in [7, 11) is 0. The fourth-order valence-electron chi connectivity index (χ4n) is 1.77. The zero-order chi connectivity index (χ0) is 15.8. The predicted molar refractivity (Wildman–Crippen MR) is 71.0 cm³/mol. The number of halogens is 4. The third-order valence-corrected chi connectivity index (χ3v) is 4.05. The summed E-state index contributed by atoms with van der Waals surface area (Å²) in [5, 5.41) is 0.535. The van der Waals surface area contributed by atoms with Gasteiger partial charge in [-0.25, -0.2) is 9.37 Å². The number of nitrogens with zero attached hydrogens (tertiary/aromatic N) is 1. The number of aromatic nitrogens is 1. The Balaban J connectivity index is 2.27. The van der Waals surface area contributed by atoms with Crippen molar-refractivity contribution in [1.82, 2.24) is 4.98 Å². The van der Waals surface area contributed by atoms with Crippen molar-refractivity contribution >= 4 is 17.1 Å². The number of alkyl halides is 3. The molecule has 0 aliphatic heterocycles. The van der Waals surface area contributed by atoms with Crippen LogP contribution in [-0.2, 0) is 12.6 Å². The van der Waals surface area contributed by atoms with E-state index in [1.807, 2.05) is 6.92 Å². The molecule has 0 aliphatic rings. The average molecular weight is 317 g/mol. The number of ketones is 1. The van der Waals surface area contributed by atoms with Crippen LogP contribution in [0.2, 0.25) is 0 Å². The molecule has 1 heterocycles. The summed E-state index contributed by atoms with van der Waals surface area (Å²) in [6.45, 7) is 3.64. The zero-order valence-electron chi connectivity index (χ0n) is 11.2. The molecule has 0 N–H and O–H groups in total. The number of thiazole rings is 1. The lowest BCUT2D eigenvalue weighted by atomic mass is 10.0. The quantitative estimate of drug-likeness (QED) is 0.622. The second-order valence-electron chi connectivity index (χ2n) is 4.54. The average Bonchev–Trinajstić information content (AvgIpc) is 2.67. The van der Waals surface area contributed by atoms with E-state index in [0.29, 0.717) is 17.1 Å². The van der Waals surface area contributed by atoms with Crippen LogP contribution in [0.5, 0.6) is 0 Å². The highest BCUT2D eigenvalue weighted by Gasteiger charge is 2.34. The van der Waals surface area contributed by atoms with E-state index in [4.69, 9.17) is 0 Å². The van der Waals surface area contributed by atoms with Crippen molar-refractivity contribution in [3.8, 4) is 0 Å². The number of hydrogen-bond donors (Lipinski definition) is 0. The Kier molecular flexibility index (Phi) is 4.13. The minimum atomic E-state index is -4.82. The van der Waals surface area contributed by atoms with E-state index >= 15 is 0 Å². The van der Waals surface area contributed by atoms with Crippen LogP contribution in [0.25, 0.3) is 0 Å². The monoisotopic (exact) mass is 317 g/mol. The van der Waals surface area contributed by atoms with Crippen LogP contribution in [0, 0.1) is 19.7 Å². The van der Waals surface area contributed by atoms with Gasteiger partial charge in [0.1, 0.15) is 10.8 Å². The first kappa shape index (κ1) is 15.6. The third kappa shape index (κ3) is 3.47. The Morgan fingerprint density at radius 1 is 1.29 bits per heavy atom. The van der Waals surface area contributed by atoms with Crippen molar-refractivity contribution in [2.75, 3.05) is 0 Å². The number of benzene rings is 1. The molecule has 0 saturated heterocycles. The lowest BCUT2D eigenvalue weighted by Crippen LogP contribution is -2.11. The topological polar surface area (TPSA) is 30.0 Å². The molecule has 2 nitrogen and oxygen atoms in total. The van der Waals surface area contributed by atoms with Gasteiger partial charge in [-0.3, -0.25) is 4.79 Å². The standard InChI is InChI=1S/C14H11F4NOS/c1-7-8(2)21-13(19-7)6-12(20)9-3-4-11(15)10(5-9)14(16,17)18/h3-5H,6H2,1-2H3. The fourth-order valence-corrected chi connectivity index (χ4v) is 2.70. The van der Waals surface area contributed by atoms with Gasteiger partial charge in [0.2, 0.25) is 0 Å². The molecule has 0 bridgehead atoms. The minimum Gasteiger partial charge on any atom is -0.294 e. The molecule has 0 radical (unpaired) electrons. The number of carbonyl (C=O) groups excluding carboxylic acids is 1. The van der Waals surface area contributed by atoms with Crippen LogP contribution in [0.1, 0.15) is 31.5 Å². The van der Waals surface area contributed by atoms with Gasteiger partial charge in [-0.2, -0.15) is 13.2 Å². The molecule has 2 aromatic rings. The number of carbonyl (C=O) groups is 1. The van der Waals surface area contributed by atoms with Gasteiger partial charge in [0.05, 0.1) is 17.7 Å². The van der Waals surface area contributed by atoms with Gasteiger partial charge < -0.3 is 0 Å². The van der Waals surface area contributed by atoms with E-state index in [1.54, 1.807) is 6.92 Å². The summed E-state index contributed by atoms with van der Waals surface area (Å²) < 4.78 is 51.0. The molecule has 112 valence electrons. The smallest absolute Gasteiger partial charge is 0.294 e. The summed E-state index contributed by atoms with van der Waals surface area (Å²) in [6, 6.07) is 2.26. The van der Waals surface area contributed by atoms with Gasteiger partial charge >= 0.3 is 6.18 Å². The molecule has 0 spiro atoms. The van der Waals surface area contributed by atoms with E-state index in [9.17, 15) is 22.4 Å². The van der Waals surface area contributed by atoms with E-state index in [0.717, 1.165) is 16.6 Å². The van der Waals surface area contributed by atoms with E-state index in [2.05, 4.69) is 4.98 Å². The molecule has 1 aromatic heterocycles. The Hall–Kier alpha value is -1.76. The van der Waals surface area contributed by atoms with Gasteiger partial charge in [-0.15, -0.1) is 11.3 Å². The SMILES string of the molecule is Cc1nc(CC(=O)c2ccc(F)c(C(F)(F)F)c2)sc1C. The molecule has 0 aliphatic carbocycles. The maximum Gasteiger partial charge on any atom is 0.419 e. The maximum absolute atomic E-state index is 13.2. The first-order valence-electron chi connectivity index (χ1n) is 6.01. The second-order valence-corrected chi connectivity index (χ2v) is 5.83. The third-order valence-electron chi connectivity index (χ3n) is 2.98. The molecule has 7 heteroatoms. The van der Waals surface area contributed by atoms with Gasteiger partial charge in [-0.1, -0.05) is 0 Å². The number of Topliss-reactive ketones (excluding diaryl/α,β-unsaturated/α-hetero) is 1. The number of aryl methyl sites for hydroxylation is 2.